The van der Waals surface area contributed by atoms with Gasteiger partial charge in [0.05, 0.1) is 5.69 Å². The van der Waals surface area contributed by atoms with E-state index in [1.807, 2.05) is 18.2 Å². The van der Waals surface area contributed by atoms with Crippen molar-refractivity contribution in [1.82, 2.24) is 0 Å². The molecule has 0 aliphatic carbocycles. The van der Waals surface area contributed by atoms with Crippen LogP contribution < -0.4 is 0 Å². The second-order valence-electron chi connectivity index (χ2n) is 1.76. The normalized spacial score (nSPS) is 8.91. The molecular weight excluding hydrogens is 274 g/mol. The van der Waals surface area contributed by atoms with Crippen LogP contribution in [0.5, 0.6) is 0 Å². The number of azide groups is 1. The topological polar surface area (TPSA) is 48.8 Å². The molecule has 0 N–H and O–H groups in total. The number of hydrogen-bond donors (Lipinski definition) is 0. The predicted molar refractivity (Wildman–Crippen MR) is 50.6 cm³/mol. The molecular formula is C6H3Br2N3. The van der Waals surface area contributed by atoms with Crippen molar-refractivity contribution in [2.75, 3.05) is 0 Å². The molecule has 56 valence electrons. The molecule has 0 saturated carbocycles. The minimum absolute atomic E-state index is 0.579. The molecule has 0 aliphatic heterocycles. The van der Waals surface area contributed by atoms with E-state index in [1.54, 1.807) is 0 Å². The third-order valence-corrected chi connectivity index (χ3v) is 2.36. The van der Waals surface area contributed by atoms with E-state index in [1.165, 1.54) is 0 Å². The Kier molecular flexibility index (Phi) is 2.93. The second-order valence-corrected chi connectivity index (χ2v) is 3.47. The van der Waals surface area contributed by atoms with Crippen molar-refractivity contribution in [2.45, 2.75) is 0 Å². The van der Waals surface area contributed by atoms with Crippen LogP contribution in [0, 0.1) is 0 Å². The first-order valence-electron chi connectivity index (χ1n) is 2.75. The molecule has 1 aromatic carbocycles. The first-order chi connectivity index (χ1) is 5.25. The summed E-state index contributed by atoms with van der Waals surface area (Å²) in [6, 6.07) is 5.48. The van der Waals surface area contributed by atoms with Crippen LogP contribution >= 0.6 is 31.9 Å². The van der Waals surface area contributed by atoms with Crippen molar-refractivity contribution >= 4 is 37.5 Å². The summed E-state index contributed by atoms with van der Waals surface area (Å²) in [4.78, 5) is 2.69. The standard InChI is InChI=1S/C6H3Br2N3/c7-4-2-1-3-5(8)6(4)10-11-9/h1-3H. The van der Waals surface area contributed by atoms with Crippen LogP contribution in [0.3, 0.4) is 0 Å². The van der Waals surface area contributed by atoms with Crippen molar-refractivity contribution in [2.24, 2.45) is 5.11 Å². The maximum atomic E-state index is 8.19. The third kappa shape index (κ3) is 1.96. The van der Waals surface area contributed by atoms with E-state index in [-0.39, 0.29) is 0 Å². The second kappa shape index (κ2) is 3.76. The van der Waals surface area contributed by atoms with Crippen LogP contribution in [0.2, 0.25) is 0 Å². The molecule has 0 radical (unpaired) electrons. The first kappa shape index (κ1) is 8.59. The molecule has 0 spiro atoms. The summed E-state index contributed by atoms with van der Waals surface area (Å²) in [5.41, 5.74) is 8.76. The van der Waals surface area contributed by atoms with Crippen molar-refractivity contribution in [1.29, 1.82) is 0 Å². The average molecular weight is 277 g/mol. The highest BCUT2D eigenvalue weighted by Gasteiger charge is 1.99. The molecule has 0 amide bonds. The molecule has 0 aliphatic rings. The molecule has 5 heteroatoms. The van der Waals surface area contributed by atoms with Gasteiger partial charge in [-0.15, -0.1) is 0 Å². The lowest BCUT2D eigenvalue weighted by Crippen LogP contribution is -1.68. The Balaban J connectivity index is 3.31. The van der Waals surface area contributed by atoms with E-state index < -0.39 is 0 Å². The monoisotopic (exact) mass is 275 g/mol. The average Bonchev–Trinajstić information content (AvgIpc) is 1.97. The fraction of sp³-hybridized carbons (Fsp3) is 0. The highest BCUT2D eigenvalue weighted by molar-refractivity contribution is 9.11. The SMILES string of the molecule is [N-]=[N+]=Nc1c(Br)cccc1Br. The van der Waals surface area contributed by atoms with Gasteiger partial charge in [0.1, 0.15) is 0 Å². The van der Waals surface area contributed by atoms with Gasteiger partial charge < -0.3 is 0 Å². The molecule has 1 rings (SSSR count). The lowest BCUT2D eigenvalue weighted by molar-refractivity contribution is 1.42. The maximum Gasteiger partial charge on any atom is 0.0659 e. The molecule has 0 saturated heterocycles. The van der Waals surface area contributed by atoms with Gasteiger partial charge in [-0.1, -0.05) is 43.0 Å². The van der Waals surface area contributed by atoms with Gasteiger partial charge in [0.2, 0.25) is 0 Å². The Bertz CT molecular complexity index is 297. The van der Waals surface area contributed by atoms with Crippen LogP contribution in [0.15, 0.2) is 32.3 Å². The van der Waals surface area contributed by atoms with Crippen LogP contribution in [0.1, 0.15) is 0 Å². The molecule has 0 heterocycles. The molecule has 0 atom stereocenters. The Morgan fingerprint density at radius 2 is 1.82 bits per heavy atom. The molecule has 1 aromatic rings. The van der Waals surface area contributed by atoms with E-state index >= 15 is 0 Å². The van der Waals surface area contributed by atoms with E-state index in [2.05, 4.69) is 41.9 Å². The zero-order chi connectivity index (χ0) is 8.27. The van der Waals surface area contributed by atoms with Crippen molar-refractivity contribution < 1.29 is 0 Å². The van der Waals surface area contributed by atoms with Crippen molar-refractivity contribution in [3.05, 3.63) is 37.6 Å². The fourth-order valence-electron chi connectivity index (χ4n) is 0.629. The summed E-state index contributed by atoms with van der Waals surface area (Å²) in [5.74, 6) is 0. The molecule has 3 nitrogen and oxygen atoms in total. The molecule has 11 heavy (non-hydrogen) atoms. The van der Waals surface area contributed by atoms with Crippen LogP contribution in [-0.2, 0) is 0 Å². The van der Waals surface area contributed by atoms with Gasteiger partial charge in [-0.25, -0.2) is 0 Å². The third-order valence-electron chi connectivity index (χ3n) is 1.08. The highest BCUT2D eigenvalue weighted by Crippen LogP contribution is 2.32. The van der Waals surface area contributed by atoms with Gasteiger partial charge in [0.15, 0.2) is 0 Å². The van der Waals surface area contributed by atoms with Gasteiger partial charge in [-0.2, -0.15) is 0 Å². The number of halogens is 2. The van der Waals surface area contributed by atoms with E-state index in [4.69, 9.17) is 5.53 Å². The zero-order valence-corrected chi connectivity index (χ0v) is 8.50. The van der Waals surface area contributed by atoms with Gasteiger partial charge in [0, 0.05) is 13.9 Å². The molecule has 0 unspecified atom stereocenters. The summed E-state index contributed by atoms with van der Waals surface area (Å²) >= 11 is 6.51. The summed E-state index contributed by atoms with van der Waals surface area (Å²) in [7, 11) is 0. The first-order valence-corrected chi connectivity index (χ1v) is 4.33. The van der Waals surface area contributed by atoms with Gasteiger partial charge in [-0.05, 0) is 17.7 Å². The van der Waals surface area contributed by atoms with Gasteiger partial charge in [-0.3, -0.25) is 0 Å². The lowest BCUT2D eigenvalue weighted by Gasteiger charge is -1.97. The molecule has 0 aromatic heterocycles. The molecule has 0 bridgehead atoms. The fourth-order valence-corrected chi connectivity index (χ4v) is 1.79. The van der Waals surface area contributed by atoms with E-state index in [9.17, 15) is 0 Å². The van der Waals surface area contributed by atoms with Gasteiger partial charge >= 0.3 is 0 Å². The number of rotatable bonds is 1. The Hall–Kier alpha value is -0.510. The van der Waals surface area contributed by atoms with E-state index in [0.717, 1.165) is 8.95 Å². The Morgan fingerprint density at radius 1 is 1.27 bits per heavy atom. The Labute approximate surface area is 80.3 Å². The minimum Gasteiger partial charge on any atom is -0.0600 e. The van der Waals surface area contributed by atoms with Crippen LogP contribution in [0.25, 0.3) is 10.4 Å². The summed E-state index contributed by atoms with van der Waals surface area (Å²) in [6.07, 6.45) is 0. The van der Waals surface area contributed by atoms with Crippen molar-refractivity contribution in [3.8, 4) is 0 Å². The van der Waals surface area contributed by atoms with Crippen LogP contribution in [0.4, 0.5) is 5.69 Å². The summed E-state index contributed by atoms with van der Waals surface area (Å²) in [6.45, 7) is 0. The van der Waals surface area contributed by atoms with Crippen LogP contribution in [-0.4, -0.2) is 0 Å². The zero-order valence-electron chi connectivity index (χ0n) is 5.33. The smallest absolute Gasteiger partial charge is 0.0600 e. The number of hydrogen-bond acceptors (Lipinski definition) is 1. The summed E-state index contributed by atoms with van der Waals surface area (Å²) < 4.78 is 1.56. The lowest BCUT2D eigenvalue weighted by atomic mass is 10.3. The Morgan fingerprint density at radius 3 is 2.27 bits per heavy atom. The predicted octanol–water partition coefficient (Wildman–Crippen LogP) is 4.15. The van der Waals surface area contributed by atoms with Crippen molar-refractivity contribution in [3.63, 3.8) is 0 Å². The number of benzene rings is 1. The van der Waals surface area contributed by atoms with Gasteiger partial charge in [0.25, 0.3) is 0 Å². The summed E-state index contributed by atoms with van der Waals surface area (Å²) in [5, 5.41) is 3.49. The van der Waals surface area contributed by atoms with E-state index in [0.29, 0.717) is 5.69 Å². The number of nitrogens with zero attached hydrogens (tertiary/aromatic N) is 3. The molecule has 0 fully saturated rings. The quantitative estimate of drug-likeness (QED) is 0.420. The largest absolute Gasteiger partial charge is 0.0659 e. The highest BCUT2D eigenvalue weighted by atomic mass is 79.9. The maximum absolute atomic E-state index is 8.19. The minimum atomic E-state index is 0.579.